The molecule has 0 fully saturated rings. The monoisotopic (exact) mass is 198 g/mol. The Bertz CT molecular complexity index is 315. The number of hydrogen-bond acceptors (Lipinski definition) is 5. The first-order chi connectivity index (χ1) is 6.50. The molecule has 0 aliphatic carbocycles. The maximum Gasteiger partial charge on any atom is 0.223 e. The highest BCUT2D eigenvalue weighted by Crippen LogP contribution is 2.24. The molecule has 0 radical (unpaired) electrons. The van der Waals surface area contributed by atoms with Crippen LogP contribution in [0.2, 0.25) is 0 Å². The summed E-state index contributed by atoms with van der Waals surface area (Å²) in [5.41, 5.74) is 11.9. The van der Waals surface area contributed by atoms with Crippen LogP contribution in [0.5, 0.6) is 5.75 Å². The summed E-state index contributed by atoms with van der Waals surface area (Å²) < 4.78 is 4.99. The lowest BCUT2D eigenvalue weighted by molar-refractivity contribution is -0.0955. The van der Waals surface area contributed by atoms with Crippen molar-refractivity contribution in [1.29, 1.82) is 0 Å². The predicted octanol–water partition coefficient (Wildman–Crippen LogP) is -0.0710. The largest absolute Gasteiger partial charge is 0.460 e. The van der Waals surface area contributed by atoms with Crippen molar-refractivity contribution < 1.29 is 14.9 Å². The van der Waals surface area contributed by atoms with E-state index >= 15 is 0 Å². The maximum absolute atomic E-state index is 9.21. The average molecular weight is 198 g/mol. The Hall–Kier alpha value is -1.46. The van der Waals surface area contributed by atoms with Crippen LogP contribution in [0.3, 0.4) is 0 Å². The van der Waals surface area contributed by atoms with E-state index in [1.807, 2.05) is 0 Å². The predicted molar refractivity (Wildman–Crippen MR) is 53.6 cm³/mol. The van der Waals surface area contributed by atoms with Crippen LogP contribution < -0.4 is 16.2 Å². The van der Waals surface area contributed by atoms with Crippen molar-refractivity contribution in [2.45, 2.75) is 19.3 Å². The standard InChI is InChI=1S/C9H14N2O3/c1-5(12)9(13)14-8-3-2-6(10)4-7(8)11/h2-5,9,12-13H,10-11H2,1H3. The van der Waals surface area contributed by atoms with Gasteiger partial charge >= 0.3 is 0 Å². The molecule has 6 N–H and O–H groups in total. The van der Waals surface area contributed by atoms with E-state index in [-0.39, 0.29) is 0 Å². The normalized spacial score (nSPS) is 14.8. The van der Waals surface area contributed by atoms with Crippen molar-refractivity contribution in [3.8, 4) is 5.75 Å². The van der Waals surface area contributed by atoms with Gasteiger partial charge in [-0.1, -0.05) is 0 Å². The van der Waals surface area contributed by atoms with Crippen molar-refractivity contribution in [3.05, 3.63) is 18.2 Å². The van der Waals surface area contributed by atoms with Crippen LogP contribution >= 0.6 is 0 Å². The van der Waals surface area contributed by atoms with Crippen LogP contribution in [-0.4, -0.2) is 22.6 Å². The van der Waals surface area contributed by atoms with Gasteiger partial charge in [0.05, 0.1) is 5.69 Å². The van der Waals surface area contributed by atoms with Crippen LogP contribution in [-0.2, 0) is 0 Å². The van der Waals surface area contributed by atoms with Gasteiger partial charge in [0.1, 0.15) is 11.9 Å². The third-order valence-corrected chi connectivity index (χ3v) is 1.69. The van der Waals surface area contributed by atoms with Crippen LogP contribution in [0.1, 0.15) is 6.92 Å². The number of rotatable bonds is 3. The molecular formula is C9H14N2O3. The summed E-state index contributed by atoms with van der Waals surface area (Å²) in [6, 6.07) is 4.65. The lowest BCUT2D eigenvalue weighted by atomic mass is 10.2. The quantitative estimate of drug-likeness (QED) is 0.402. The summed E-state index contributed by atoms with van der Waals surface area (Å²) in [6.07, 6.45) is -2.27. The lowest BCUT2D eigenvalue weighted by Gasteiger charge is -2.17. The number of aliphatic hydroxyl groups is 2. The molecule has 0 heterocycles. The summed E-state index contributed by atoms with van der Waals surface area (Å²) in [7, 11) is 0. The smallest absolute Gasteiger partial charge is 0.223 e. The Balaban J connectivity index is 2.77. The van der Waals surface area contributed by atoms with Gasteiger partial charge in [0.25, 0.3) is 0 Å². The molecule has 0 spiro atoms. The Labute approximate surface area is 81.9 Å². The van der Waals surface area contributed by atoms with Gasteiger partial charge in [0, 0.05) is 5.69 Å². The summed E-state index contributed by atoms with van der Waals surface area (Å²) >= 11 is 0. The first-order valence-electron chi connectivity index (χ1n) is 4.18. The number of nitrogen functional groups attached to an aromatic ring is 2. The molecule has 5 heteroatoms. The molecule has 0 bridgehead atoms. The maximum atomic E-state index is 9.21. The van der Waals surface area contributed by atoms with Crippen LogP contribution in [0.15, 0.2) is 18.2 Å². The molecule has 0 aromatic heterocycles. The zero-order valence-electron chi connectivity index (χ0n) is 7.84. The second kappa shape index (κ2) is 4.17. The Morgan fingerprint density at radius 2 is 1.93 bits per heavy atom. The van der Waals surface area contributed by atoms with E-state index in [4.69, 9.17) is 21.3 Å². The van der Waals surface area contributed by atoms with Gasteiger partial charge < -0.3 is 26.4 Å². The minimum absolute atomic E-state index is 0.299. The van der Waals surface area contributed by atoms with Gasteiger partial charge in [-0.3, -0.25) is 0 Å². The van der Waals surface area contributed by atoms with E-state index < -0.39 is 12.4 Å². The topological polar surface area (TPSA) is 102 Å². The fourth-order valence-electron chi connectivity index (χ4n) is 0.903. The third kappa shape index (κ3) is 2.51. The van der Waals surface area contributed by atoms with E-state index in [0.29, 0.717) is 17.1 Å². The average Bonchev–Trinajstić information content (AvgIpc) is 2.09. The summed E-state index contributed by atoms with van der Waals surface area (Å²) in [4.78, 5) is 0. The molecule has 5 nitrogen and oxygen atoms in total. The molecule has 2 atom stereocenters. The Kier molecular flexibility index (Phi) is 3.16. The SMILES string of the molecule is CC(O)C(O)Oc1ccc(N)cc1N. The third-order valence-electron chi connectivity index (χ3n) is 1.69. The van der Waals surface area contributed by atoms with Crippen molar-refractivity contribution in [3.63, 3.8) is 0 Å². The van der Waals surface area contributed by atoms with E-state index in [1.54, 1.807) is 6.07 Å². The first-order valence-corrected chi connectivity index (χ1v) is 4.18. The van der Waals surface area contributed by atoms with E-state index in [9.17, 15) is 5.11 Å². The van der Waals surface area contributed by atoms with Crippen molar-refractivity contribution >= 4 is 11.4 Å². The first kappa shape index (κ1) is 10.6. The number of anilines is 2. The molecule has 2 unspecified atom stereocenters. The Morgan fingerprint density at radius 3 is 2.43 bits per heavy atom. The Morgan fingerprint density at radius 1 is 1.29 bits per heavy atom. The molecule has 1 aromatic carbocycles. The van der Waals surface area contributed by atoms with Crippen LogP contribution in [0.25, 0.3) is 0 Å². The fourth-order valence-corrected chi connectivity index (χ4v) is 0.903. The van der Waals surface area contributed by atoms with Crippen molar-refractivity contribution in [2.24, 2.45) is 0 Å². The molecule has 0 saturated heterocycles. The van der Waals surface area contributed by atoms with Crippen molar-refractivity contribution in [1.82, 2.24) is 0 Å². The summed E-state index contributed by atoms with van der Waals surface area (Å²) in [5, 5.41) is 18.2. The van der Waals surface area contributed by atoms with Crippen LogP contribution in [0, 0.1) is 0 Å². The van der Waals surface area contributed by atoms with Crippen molar-refractivity contribution in [2.75, 3.05) is 11.5 Å². The highest BCUT2D eigenvalue weighted by Gasteiger charge is 2.13. The zero-order valence-corrected chi connectivity index (χ0v) is 7.84. The lowest BCUT2D eigenvalue weighted by Crippen LogP contribution is -2.28. The number of ether oxygens (including phenoxy) is 1. The van der Waals surface area contributed by atoms with E-state index in [2.05, 4.69) is 0 Å². The highest BCUT2D eigenvalue weighted by molar-refractivity contribution is 5.60. The molecule has 14 heavy (non-hydrogen) atoms. The molecule has 0 amide bonds. The van der Waals surface area contributed by atoms with E-state index in [1.165, 1.54) is 19.1 Å². The minimum atomic E-state index is -1.29. The van der Waals surface area contributed by atoms with Gasteiger partial charge in [-0.15, -0.1) is 0 Å². The molecule has 1 rings (SSSR count). The molecular weight excluding hydrogens is 184 g/mol. The van der Waals surface area contributed by atoms with Gasteiger partial charge in [-0.2, -0.15) is 0 Å². The van der Waals surface area contributed by atoms with Gasteiger partial charge in [-0.05, 0) is 25.1 Å². The molecule has 0 aliphatic heterocycles. The van der Waals surface area contributed by atoms with Crippen LogP contribution in [0.4, 0.5) is 11.4 Å². The van der Waals surface area contributed by atoms with Gasteiger partial charge in [0.15, 0.2) is 0 Å². The second-order valence-corrected chi connectivity index (χ2v) is 3.05. The van der Waals surface area contributed by atoms with Gasteiger partial charge in [0.2, 0.25) is 6.29 Å². The van der Waals surface area contributed by atoms with E-state index in [0.717, 1.165) is 0 Å². The second-order valence-electron chi connectivity index (χ2n) is 3.05. The molecule has 1 aromatic rings. The number of aliphatic hydroxyl groups excluding tert-OH is 2. The minimum Gasteiger partial charge on any atom is -0.460 e. The highest BCUT2D eigenvalue weighted by atomic mass is 16.6. The number of benzene rings is 1. The number of hydrogen-bond donors (Lipinski definition) is 4. The summed E-state index contributed by atoms with van der Waals surface area (Å²) in [6.45, 7) is 1.41. The fraction of sp³-hybridized carbons (Fsp3) is 0.333. The van der Waals surface area contributed by atoms with Gasteiger partial charge in [-0.25, -0.2) is 0 Å². The molecule has 78 valence electrons. The molecule has 0 saturated carbocycles. The molecule has 0 aliphatic rings. The zero-order chi connectivity index (χ0) is 10.7. The summed E-state index contributed by atoms with van der Waals surface area (Å²) in [5.74, 6) is 0.299. The number of nitrogens with two attached hydrogens (primary N) is 2.